The van der Waals surface area contributed by atoms with Crippen molar-refractivity contribution in [3.05, 3.63) is 33.4 Å². The van der Waals surface area contributed by atoms with Crippen molar-refractivity contribution in [2.24, 2.45) is 0 Å². The van der Waals surface area contributed by atoms with Gasteiger partial charge in [0.2, 0.25) is 0 Å². The lowest BCUT2D eigenvalue weighted by molar-refractivity contribution is -0.385. The van der Waals surface area contributed by atoms with Crippen molar-refractivity contribution >= 4 is 18.3 Å². The van der Waals surface area contributed by atoms with E-state index in [-0.39, 0.29) is 11.3 Å². The highest BCUT2D eigenvalue weighted by Gasteiger charge is 2.16. The predicted octanol–water partition coefficient (Wildman–Crippen LogP) is 2.06. The first-order valence-electron chi connectivity index (χ1n) is 3.45. The molecule has 0 heterocycles. The van der Waals surface area contributed by atoms with Crippen LogP contribution < -0.4 is 0 Å². The van der Waals surface area contributed by atoms with Crippen LogP contribution in [-0.4, -0.2) is 4.92 Å². The van der Waals surface area contributed by atoms with Gasteiger partial charge in [-0.2, -0.15) is 5.26 Å². The number of hydrogen-bond donors (Lipinski definition) is 1. The third kappa shape index (κ3) is 1.63. The first-order chi connectivity index (χ1) is 6.07. The van der Waals surface area contributed by atoms with Crippen molar-refractivity contribution in [1.82, 2.24) is 0 Å². The van der Waals surface area contributed by atoms with Gasteiger partial charge in [0.15, 0.2) is 0 Å². The van der Waals surface area contributed by atoms with Crippen LogP contribution >= 0.6 is 12.6 Å². The van der Waals surface area contributed by atoms with E-state index in [2.05, 4.69) is 12.6 Å². The highest BCUT2D eigenvalue weighted by molar-refractivity contribution is 7.80. The Balaban J connectivity index is 3.50. The molecule has 0 aliphatic carbocycles. The van der Waals surface area contributed by atoms with E-state index < -0.39 is 4.92 Å². The first kappa shape index (κ1) is 9.55. The van der Waals surface area contributed by atoms with Crippen molar-refractivity contribution in [2.45, 2.75) is 11.8 Å². The number of nitrogens with zero attached hydrogens (tertiary/aromatic N) is 2. The number of rotatable bonds is 1. The number of nitro benzene ring substituents is 1. The average molecular weight is 194 g/mol. The van der Waals surface area contributed by atoms with Gasteiger partial charge in [0, 0.05) is 11.0 Å². The zero-order valence-electron chi connectivity index (χ0n) is 6.81. The highest BCUT2D eigenvalue weighted by atomic mass is 32.1. The highest BCUT2D eigenvalue weighted by Crippen LogP contribution is 2.25. The smallest absolute Gasteiger partial charge is 0.258 e. The Morgan fingerprint density at radius 2 is 2.23 bits per heavy atom. The standard InChI is InChI=1S/C8H6N2O2S/c1-5-6(4-9)7(10(11)12)2-3-8(5)13/h2-3,13H,1H3. The molecule has 0 aliphatic rings. The number of nitriles is 1. The Hall–Kier alpha value is -1.54. The van der Waals surface area contributed by atoms with Gasteiger partial charge in [-0.1, -0.05) is 0 Å². The Kier molecular flexibility index (Phi) is 2.54. The van der Waals surface area contributed by atoms with E-state index in [0.29, 0.717) is 10.5 Å². The first-order valence-corrected chi connectivity index (χ1v) is 3.89. The van der Waals surface area contributed by atoms with Crippen LogP contribution in [0.4, 0.5) is 5.69 Å². The summed E-state index contributed by atoms with van der Waals surface area (Å²) in [5.41, 5.74) is 0.454. The van der Waals surface area contributed by atoms with E-state index in [4.69, 9.17) is 5.26 Å². The fourth-order valence-corrected chi connectivity index (χ4v) is 1.17. The third-order valence-corrected chi connectivity index (χ3v) is 2.21. The van der Waals surface area contributed by atoms with Crippen LogP contribution in [0.15, 0.2) is 17.0 Å². The van der Waals surface area contributed by atoms with Crippen molar-refractivity contribution in [1.29, 1.82) is 5.26 Å². The molecule has 1 aromatic rings. The summed E-state index contributed by atoms with van der Waals surface area (Å²) < 4.78 is 0. The van der Waals surface area contributed by atoms with Crippen LogP contribution in [0.2, 0.25) is 0 Å². The van der Waals surface area contributed by atoms with Crippen LogP contribution in [0.3, 0.4) is 0 Å². The minimum Gasteiger partial charge on any atom is -0.258 e. The topological polar surface area (TPSA) is 66.9 Å². The lowest BCUT2D eigenvalue weighted by Crippen LogP contribution is -1.95. The molecule has 0 spiro atoms. The molecule has 13 heavy (non-hydrogen) atoms. The summed E-state index contributed by atoms with van der Waals surface area (Å²) >= 11 is 4.06. The number of benzene rings is 1. The minimum atomic E-state index is -0.571. The van der Waals surface area contributed by atoms with Crippen LogP contribution in [0.1, 0.15) is 11.1 Å². The summed E-state index contributed by atoms with van der Waals surface area (Å²) in [5.74, 6) is 0. The molecule has 0 N–H and O–H groups in total. The normalized spacial score (nSPS) is 9.31. The Bertz CT molecular complexity index is 409. The van der Waals surface area contributed by atoms with Crippen molar-refractivity contribution in [2.75, 3.05) is 0 Å². The zero-order valence-corrected chi connectivity index (χ0v) is 7.71. The van der Waals surface area contributed by atoms with Crippen molar-refractivity contribution in [3.8, 4) is 6.07 Å². The predicted molar refractivity (Wildman–Crippen MR) is 49.8 cm³/mol. The second kappa shape index (κ2) is 3.46. The van der Waals surface area contributed by atoms with Gasteiger partial charge in [0.1, 0.15) is 11.6 Å². The van der Waals surface area contributed by atoms with E-state index >= 15 is 0 Å². The third-order valence-electron chi connectivity index (χ3n) is 1.72. The maximum atomic E-state index is 10.5. The van der Waals surface area contributed by atoms with E-state index in [9.17, 15) is 10.1 Å². The molecule has 0 radical (unpaired) electrons. The molecule has 0 bridgehead atoms. The summed E-state index contributed by atoms with van der Waals surface area (Å²) in [4.78, 5) is 10.5. The molecule has 0 atom stereocenters. The molecular formula is C8H6N2O2S. The summed E-state index contributed by atoms with van der Waals surface area (Å²) in [7, 11) is 0. The molecule has 0 saturated carbocycles. The molecule has 0 fully saturated rings. The van der Waals surface area contributed by atoms with E-state index in [0.717, 1.165) is 0 Å². The Morgan fingerprint density at radius 3 is 2.69 bits per heavy atom. The summed E-state index contributed by atoms with van der Waals surface area (Å²) in [6.45, 7) is 1.63. The second-order valence-corrected chi connectivity index (χ2v) is 2.95. The van der Waals surface area contributed by atoms with E-state index in [1.807, 2.05) is 0 Å². The monoisotopic (exact) mass is 194 g/mol. The Morgan fingerprint density at radius 1 is 1.62 bits per heavy atom. The summed E-state index contributed by atoms with van der Waals surface area (Å²) in [6.07, 6.45) is 0. The zero-order chi connectivity index (χ0) is 10.0. The van der Waals surface area contributed by atoms with Crippen LogP contribution in [-0.2, 0) is 0 Å². The maximum absolute atomic E-state index is 10.5. The van der Waals surface area contributed by atoms with Gasteiger partial charge in [0.25, 0.3) is 5.69 Å². The van der Waals surface area contributed by atoms with Gasteiger partial charge in [-0.05, 0) is 18.6 Å². The SMILES string of the molecule is Cc1c(S)ccc([N+](=O)[O-])c1C#N. The summed E-state index contributed by atoms with van der Waals surface area (Å²) in [6, 6.07) is 4.59. The Labute approximate surface area is 80.4 Å². The van der Waals surface area contributed by atoms with Gasteiger partial charge in [0.05, 0.1) is 4.92 Å². The number of hydrogen-bond acceptors (Lipinski definition) is 4. The second-order valence-electron chi connectivity index (χ2n) is 2.47. The molecule has 0 saturated heterocycles. The molecule has 0 aliphatic heterocycles. The van der Waals surface area contributed by atoms with Crippen LogP contribution in [0, 0.1) is 28.4 Å². The van der Waals surface area contributed by atoms with Crippen molar-refractivity contribution in [3.63, 3.8) is 0 Å². The molecule has 0 unspecified atom stereocenters. The lowest BCUT2D eigenvalue weighted by atomic mass is 10.1. The fourth-order valence-electron chi connectivity index (χ4n) is 0.980. The average Bonchev–Trinajstić information content (AvgIpc) is 2.09. The molecule has 1 aromatic carbocycles. The molecule has 0 aromatic heterocycles. The van der Waals surface area contributed by atoms with Gasteiger partial charge in [-0.25, -0.2) is 0 Å². The molecular weight excluding hydrogens is 188 g/mol. The van der Waals surface area contributed by atoms with Crippen LogP contribution in [0.5, 0.6) is 0 Å². The van der Waals surface area contributed by atoms with Gasteiger partial charge in [-0.3, -0.25) is 10.1 Å². The van der Waals surface area contributed by atoms with Gasteiger partial charge < -0.3 is 0 Å². The van der Waals surface area contributed by atoms with Gasteiger partial charge in [-0.15, -0.1) is 12.6 Å². The molecule has 5 heteroatoms. The van der Waals surface area contributed by atoms with Gasteiger partial charge >= 0.3 is 0 Å². The quantitative estimate of drug-likeness (QED) is 0.422. The van der Waals surface area contributed by atoms with Crippen LogP contribution in [0.25, 0.3) is 0 Å². The fraction of sp³-hybridized carbons (Fsp3) is 0.125. The number of thiol groups is 1. The van der Waals surface area contributed by atoms with E-state index in [1.165, 1.54) is 12.1 Å². The lowest BCUT2D eigenvalue weighted by Gasteiger charge is -2.01. The van der Waals surface area contributed by atoms with E-state index in [1.54, 1.807) is 13.0 Å². The van der Waals surface area contributed by atoms with Crippen molar-refractivity contribution < 1.29 is 4.92 Å². The molecule has 0 amide bonds. The number of nitro groups is 1. The summed E-state index contributed by atoms with van der Waals surface area (Å²) in [5, 5.41) is 19.2. The molecule has 1 rings (SSSR count). The minimum absolute atomic E-state index is 0.0810. The molecule has 4 nitrogen and oxygen atoms in total. The molecule has 66 valence electrons. The maximum Gasteiger partial charge on any atom is 0.287 e. The largest absolute Gasteiger partial charge is 0.287 e.